The molecule has 1 aromatic heterocycles. The van der Waals surface area contributed by atoms with Crippen LogP contribution < -0.4 is 4.90 Å². The smallest absolute Gasteiger partial charge is 0.272 e. The third-order valence-corrected chi connectivity index (χ3v) is 5.62. The molecule has 28 heavy (non-hydrogen) atoms. The van der Waals surface area contributed by atoms with Gasteiger partial charge in [0.2, 0.25) is 0 Å². The van der Waals surface area contributed by atoms with Crippen molar-refractivity contribution < 1.29 is 9.53 Å². The molecule has 0 spiro atoms. The number of hydrogen-bond acceptors (Lipinski definition) is 5. The maximum Gasteiger partial charge on any atom is 0.272 e. The number of anilines is 1. The lowest BCUT2D eigenvalue weighted by Crippen LogP contribution is -2.49. The van der Waals surface area contributed by atoms with Gasteiger partial charge in [-0.15, -0.1) is 0 Å². The molecule has 1 amide bonds. The zero-order valence-electron chi connectivity index (χ0n) is 16.6. The molecule has 1 aromatic carbocycles. The van der Waals surface area contributed by atoms with Gasteiger partial charge in [0.05, 0.1) is 29.5 Å². The number of aromatic nitrogens is 2. The summed E-state index contributed by atoms with van der Waals surface area (Å²) >= 11 is 0. The molecule has 2 atom stereocenters. The number of hydrogen-bond donors (Lipinski definition) is 0. The first-order valence-electron chi connectivity index (χ1n) is 9.73. The van der Waals surface area contributed by atoms with Gasteiger partial charge in [0, 0.05) is 50.9 Å². The Kier molecular flexibility index (Phi) is 4.82. The van der Waals surface area contributed by atoms with E-state index < -0.39 is 0 Å². The molecule has 0 radical (unpaired) electrons. The second kappa shape index (κ2) is 7.28. The summed E-state index contributed by atoms with van der Waals surface area (Å²) in [6.07, 6.45) is 0.728. The number of amides is 1. The van der Waals surface area contributed by atoms with Gasteiger partial charge >= 0.3 is 0 Å². The number of carbonyl (C=O) groups is 1. The highest BCUT2D eigenvalue weighted by molar-refractivity contribution is 5.94. The lowest BCUT2D eigenvalue weighted by atomic mass is 9.99. The fraction of sp³-hybridized carbons (Fsp3) is 0.476. The molecule has 2 aliphatic rings. The summed E-state index contributed by atoms with van der Waals surface area (Å²) in [4.78, 5) is 17.4. The summed E-state index contributed by atoms with van der Waals surface area (Å²) in [5.41, 5.74) is 4.37. The molecular weight excluding hydrogens is 354 g/mol. The molecule has 4 rings (SSSR count). The normalized spacial score (nSPS) is 21.9. The highest BCUT2D eigenvalue weighted by Gasteiger charge is 2.33. The van der Waals surface area contributed by atoms with Crippen molar-refractivity contribution in [1.29, 1.82) is 5.26 Å². The summed E-state index contributed by atoms with van der Waals surface area (Å²) in [6.45, 7) is 6.91. The van der Waals surface area contributed by atoms with Crippen LogP contribution in [0.15, 0.2) is 24.3 Å². The van der Waals surface area contributed by atoms with E-state index in [4.69, 9.17) is 10.00 Å². The maximum absolute atomic E-state index is 13.3. The van der Waals surface area contributed by atoms with E-state index >= 15 is 0 Å². The molecule has 0 saturated carbocycles. The van der Waals surface area contributed by atoms with Crippen molar-refractivity contribution in [3.63, 3.8) is 0 Å². The Balaban J connectivity index is 1.48. The van der Waals surface area contributed by atoms with Gasteiger partial charge in [0.15, 0.2) is 0 Å². The minimum absolute atomic E-state index is 0.0528. The van der Waals surface area contributed by atoms with Crippen molar-refractivity contribution in [3.05, 3.63) is 46.8 Å². The third-order valence-electron chi connectivity index (χ3n) is 5.62. The Hall–Kier alpha value is -2.85. The zero-order chi connectivity index (χ0) is 19.8. The first kappa shape index (κ1) is 18.5. The second-order valence-electron chi connectivity index (χ2n) is 7.57. The van der Waals surface area contributed by atoms with E-state index in [0.29, 0.717) is 24.3 Å². The average Bonchev–Trinajstić information content (AvgIpc) is 3.04. The molecule has 0 N–H and O–H groups in total. The van der Waals surface area contributed by atoms with Crippen molar-refractivity contribution in [2.75, 3.05) is 31.1 Å². The lowest BCUT2D eigenvalue weighted by molar-refractivity contribution is -0.00714. The van der Waals surface area contributed by atoms with E-state index in [1.807, 2.05) is 50.1 Å². The first-order chi connectivity index (χ1) is 13.5. The van der Waals surface area contributed by atoms with E-state index in [1.165, 1.54) is 0 Å². The van der Waals surface area contributed by atoms with Crippen LogP contribution >= 0.6 is 0 Å². The Morgan fingerprint density at radius 3 is 2.50 bits per heavy atom. The number of piperazine rings is 1. The van der Waals surface area contributed by atoms with Crippen LogP contribution in [0.25, 0.3) is 0 Å². The Bertz CT molecular complexity index is 920. The van der Waals surface area contributed by atoms with Gasteiger partial charge in [-0.05, 0) is 38.1 Å². The molecule has 2 aliphatic heterocycles. The van der Waals surface area contributed by atoms with Gasteiger partial charge in [0.1, 0.15) is 5.69 Å². The van der Waals surface area contributed by atoms with Crippen LogP contribution in [0.3, 0.4) is 0 Å². The van der Waals surface area contributed by atoms with Crippen LogP contribution in [-0.2, 0) is 18.2 Å². The van der Waals surface area contributed by atoms with E-state index in [1.54, 1.807) is 4.68 Å². The van der Waals surface area contributed by atoms with Crippen LogP contribution in [0.2, 0.25) is 0 Å². The Morgan fingerprint density at radius 1 is 1.18 bits per heavy atom. The minimum atomic E-state index is -0.0836. The topological polar surface area (TPSA) is 74.4 Å². The Labute approximate surface area is 165 Å². The van der Waals surface area contributed by atoms with Gasteiger partial charge in [-0.25, -0.2) is 0 Å². The number of rotatable bonds is 2. The van der Waals surface area contributed by atoms with Crippen molar-refractivity contribution in [2.24, 2.45) is 7.05 Å². The van der Waals surface area contributed by atoms with Crippen molar-refractivity contribution in [3.8, 4) is 6.07 Å². The maximum atomic E-state index is 13.3. The predicted molar refractivity (Wildman–Crippen MR) is 105 cm³/mol. The van der Waals surface area contributed by atoms with Crippen molar-refractivity contribution in [2.45, 2.75) is 32.5 Å². The molecule has 2 aromatic rings. The van der Waals surface area contributed by atoms with Gasteiger partial charge in [-0.2, -0.15) is 10.4 Å². The SMILES string of the molecule is C[C@@H]1Cc2c(nn(C)c2C(=O)N2CCN(c3ccc(C#N)cc3)CC2)[C@H](C)O1. The van der Waals surface area contributed by atoms with E-state index in [2.05, 4.69) is 16.1 Å². The minimum Gasteiger partial charge on any atom is -0.369 e. The van der Waals surface area contributed by atoms with Gasteiger partial charge < -0.3 is 14.5 Å². The van der Waals surface area contributed by atoms with Crippen molar-refractivity contribution in [1.82, 2.24) is 14.7 Å². The number of nitrogens with zero attached hydrogens (tertiary/aromatic N) is 5. The van der Waals surface area contributed by atoms with E-state index in [9.17, 15) is 4.79 Å². The van der Waals surface area contributed by atoms with Crippen LogP contribution in [-0.4, -0.2) is 52.9 Å². The summed E-state index contributed by atoms with van der Waals surface area (Å²) in [5.74, 6) is 0.0528. The molecule has 7 heteroatoms. The molecule has 0 unspecified atom stereocenters. The fourth-order valence-corrected chi connectivity index (χ4v) is 4.20. The van der Waals surface area contributed by atoms with Gasteiger partial charge in [-0.1, -0.05) is 0 Å². The number of aryl methyl sites for hydroxylation is 1. The molecular formula is C21H25N5O2. The molecule has 0 bridgehead atoms. The Morgan fingerprint density at radius 2 is 1.86 bits per heavy atom. The summed E-state index contributed by atoms with van der Waals surface area (Å²) < 4.78 is 7.58. The summed E-state index contributed by atoms with van der Waals surface area (Å²) in [5, 5.41) is 13.5. The first-order valence-corrected chi connectivity index (χ1v) is 9.73. The van der Waals surface area contributed by atoms with Crippen LogP contribution in [0.5, 0.6) is 0 Å². The molecule has 7 nitrogen and oxygen atoms in total. The lowest BCUT2D eigenvalue weighted by Gasteiger charge is -2.36. The molecule has 0 aliphatic carbocycles. The number of carbonyl (C=O) groups excluding carboxylic acids is 1. The monoisotopic (exact) mass is 379 g/mol. The van der Waals surface area contributed by atoms with Crippen LogP contribution in [0, 0.1) is 11.3 Å². The summed E-state index contributed by atoms with van der Waals surface area (Å²) in [7, 11) is 1.84. The van der Waals surface area contributed by atoms with Crippen molar-refractivity contribution >= 4 is 11.6 Å². The third kappa shape index (κ3) is 3.25. The van der Waals surface area contributed by atoms with Gasteiger partial charge in [0.25, 0.3) is 5.91 Å². The zero-order valence-corrected chi connectivity index (χ0v) is 16.6. The quantitative estimate of drug-likeness (QED) is 0.800. The second-order valence-corrected chi connectivity index (χ2v) is 7.57. The molecule has 3 heterocycles. The fourth-order valence-electron chi connectivity index (χ4n) is 4.20. The van der Waals surface area contributed by atoms with E-state index in [-0.39, 0.29) is 18.1 Å². The molecule has 1 saturated heterocycles. The predicted octanol–water partition coefficient (Wildman–Crippen LogP) is 2.28. The standard InChI is InChI=1S/C21H25N5O2/c1-14-12-18-19(15(2)28-14)23-24(3)20(18)21(27)26-10-8-25(9-11-26)17-6-4-16(13-22)5-7-17/h4-7,14-15H,8-12H2,1-3H3/t14-,15+/m1/s1. The molecule has 1 fully saturated rings. The molecule has 146 valence electrons. The van der Waals surface area contributed by atoms with Gasteiger partial charge in [-0.3, -0.25) is 9.48 Å². The van der Waals surface area contributed by atoms with E-state index in [0.717, 1.165) is 36.5 Å². The van der Waals surface area contributed by atoms with Crippen LogP contribution in [0.4, 0.5) is 5.69 Å². The van der Waals surface area contributed by atoms with Crippen LogP contribution in [0.1, 0.15) is 47.3 Å². The number of benzene rings is 1. The highest BCUT2D eigenvalue weighted by atomic mass is 16.5. The highest BCUT2D eigenvalue weighted by Crippen LogP contribution is 2.32. The average molecular weight is 379 g/mol. The number of nitriles is 1. The summed E-state index contributed by atoms with van der Waals surface area (Å²) in [6, 6.07) is 9.74. The largest absolute Gasteiger partial charge is 0.369 e. The number of fused-ring (bicyclic) bond motifs is 1. The number of ether oxygens (including phenoxy) is 1.